The molecule has 8 nitrogen and oxygen atoms in total. The Morgan fingerprint density at radius 1 is 1.26 bits per heavy atom. The average molecular weight is 379 g/mol. The highest BCUT2D eigenvalue weighted by Crippen LogP contribution is 2.09. The number of hydrogen-bond acceptors (Lipinski definition) is 6. The molecule has 0 radical (unpaired) electrons. The first-order valence-electron chi connectivity index (χ1n) is 10.0. The number of aromatic nitrogens is 1. The highest BCUT2D eigenvalue weighted by molar-refractivity contribution is 5.80. The summed E-state index contributed by atoms with van der Waals surface area (Å²) in [5.41, 5.74) is 0.992. The van der Waals surface area contributed by atoms with Crippen LogP contribution in [-0.2, 0) is 11.3 Å². The van der Waals surface area contributed by atoms with Crippen LogP contribution >= 0.6 is 0 Å². The maximum atomic E-state index is 5.95. The number of nitrogens with one attached hydrogen (secondary N) is 1. The van der Waals surface area contributed by atoms with Gasteiger partial charge in [0, 0.05) is 72.0 Å². The number of ether oxygens (including phenoxy) is 1. The summed E-state index contributed by atoms with van der Waals surface area (Å²) in [6.45, 7) is 14.1. The highest BCUT2D eigenvalue weighted by atomic mass is 16.5. The molecule has 1 aromatic heterocycles. The summed E-state index contributed by atoms with van der Waals surface area (Å²) in [7, 11) is 1.86. The Labute approximate surface area is 162 Å². The molecule has 152 valence electrons. The number of hydrogen-bond donors (Lipinski definition) is 1. The van der Waals surface area contributed by atoms with E-state index in [0.29, 0.717) is 5.92 Å². The lowest BCUT2D eigenvalue weighted by atomic mass is 10.2. The van der Waals surface area contributed by atoms with Gasteiger partial charge < -0.3 is 19.5 Å². The zero-order valence-electron chi connectivity index (χ0n) is 16.9. The Bertz CT molecular complexity index is 569. The summed E-state index contributed by atoms with van der Waals surface area (Å²) in [4.78, 5) is 11.7. The number of aliphatic imine (C=N–C) groups is 1. The monoisotopic (exact) mass is 378 g/mol. The summed E-state index contributed by atoms with van der Waals surface area (Å²) in [6, 6.07) is 1.93. The zero-order chi connectivity index (χ0) is 19.1. The van der Waals surface area contributed by atoms with Gasteiger partial charge in [0.05, 0.1) is 18.4 Å². The maximum absolute atomic E-state index is 5.95. The lowest BCUT2D eigenvalue weighted by molar-refractivity contribution is -0.0287. The van der Waals surface area contributed by atoms with Crippen LogP contribution < -0.4 is 5.32 Å². The molecule has 3 rings (SSSR count). The normalized spacial score (nSPS) is 23.2. The molecule has 0 aliphatic carbocycles. The molecule has 8 heteroatoms. The van der Waals surface area contributed by atoms with Crippen LogP contribution in [0.25, 0.3) is 0 Å². The minimum absolute atomic E-state index is 0.225. The van der Waals surface area contributed by atoms with Gasteiger partial charge in [-0.3, -0.25) is 14.8 Å². The van der Waals surface area contributed by atoms with Crippen molar-refractivity contribution in [1.29, 1.82) is 0 Å². The lowest BCUT2D eigenvalue weighted by Gasteiger charge is -2.37. The van der Waals surface area contributed by atoms with Crippen LogP contribution in [0.5, 0.6) is 0 Å². The molecule has 2 fully saturated rings. The van der Waals surface area contributed by atoms with E-state index in [-0.39, 0.29) is 6.10 Å². The summed E-state index contributed by atoms with van der Waals surface area (Å²) in [5, 5.41) is 7.52. The first-order valence-corrected chi connectivity index (χ1v) is 10.0. The molecule has 0 aromatic carbocycles. The third-order valence-corrected chi connectivity index (χ3v) is 5.09. The minimum Gasteiger partial charge on any atom is -0.374 e. The predicted octanol–water partition coefficient (Wildman–Crippen LogP) is 0.724. The average Bonchev–Trinajstić information content (AvgIpc) is 3.16. The SMILES string of the molecule is CN=C(NCC1CN(CC(C)C)CCO1)N1CCN(Cc2ccon2)CC1. The van der Waals surface area contributed by atoms with Crippen molar-refractivity contribution in [3.05, 3.63) is 18.0 Å². The van der Waals surface area contributed by atoms with E-state index < -0.39 is 0 Å². The first kappa shape index (κ1) is 20.1. The molecule has 2 aliphatic heterocycles. The van der Waals surface area contributed by atoms with E-state index in [0.717, 1.165) is 77.2 Å². The van der Waals surface area contributed by atoms with Crippen LogP contribution in [0.3, 0.4) is 0 Å². The van der Waals surface area contributed by atoms with Gasteiger partial charge in [-0.1, -0.05) is 19.0 Å². The van der Waals surface area contributed by atoms with E-state index in [1.807, 2.05) is 13.1 Å². The topological polar surface area (TPSA) is 69.4 Å². The molecule has 0 saturated carbocycles. The van der Waals surface area contributed by atoms with Crippen LogP contribution in [0.1, 0.15) is 19.5 Å². The van der Waals surface area contributed by atoms with E-state index in [1.165, 1.54) is 0 Å². The first-order chi connectivity index (χ1) is 13.1. The van der Waals surface area contributed by atoms with Gasteiger partial charge in [-0.15, -0.1) is 0 Å². The molecule has 0 bridgehead atoms. The molecule has 1 N–H and O–H groups in total. The summed E-state index contributed by atoms with van der Waals surface area (Å²) < 4.78 is 10.9. The molecular weight excluding hydrogens is 344 g/mol. The maximum Gasteiger partial charge on any atom is 0.193 e. The van der Waals surface area contributed by atoms with E-state index >= 15 is 0 Å². The number of morpholine rings is 1. The van der Waals surface area contributed by atoms with E-state index in [2.05, 4.69) is 44.0 Å². The molecule has 0 amide bonds. The quantitative estimate of drug-likeness (QED) is 0.578. The summed E-state index contributed by atoms with van der Waals surface area (Å²) in [6.07, 6.45) is 1.86. The molecule has 1 aromatic rings. The number of guanidine groups is 1. The van der Waals surface area contributed by atoms with Crippen molar-refractivity contribution in [3.8, 4) is 0 Å². The third-order valence-electron chi connectivity index (χ3n) is 5.09. The Kier molecular flexibility index (Phi) is 7.49. The van der Waals surface area contributed by atoms with Crippen LogP contribution in [-0.4, -0.2) is 97.9 Å². The van der Waals surface area contributed by atoms with Gasteiger partial charge in [0.25, 0.3) is 0 Å². The van der Waals surface area contributed by atoms with Crippen LogP contribution in [0.2, 0.25) is 0 Å². The van der Waals surface area contributed by atoms with E-state index in [4.69, 9.17) is 9.26 Å². The van der Waals surface area contributed by atoms with E-state index in [1.54, 1.807) is 6.26 Å². The van der Waals surface area contributed by atoms with Crippen molar-refractivity contribution in [2.24, 2.45) is 10.9 Å². The van der Waals surface area contributed by atoms with Gasteiger partial charge in [0.1, 0.15) is 6.26 Å². The molecule has 2 saturated heterocycles. The van der Waals surface area contributed by atoms with Crippen molar-refractivity contribution in [2.75, 3.05) is 66.0 Å². The molecule has 1 unspecified atom stereocenters. The number of nitrogens with zero attached hydrogens (tertiary/aromatic N) is 5. The van der Waals surface area contributed by atoms with Crippen molar-refractivity contribution >= 4 is 5.96 Å². The van der Waals surface area contributed by atoms with Crippen LogP contribution in [0.15, 0.2) is 21.8 Å². The largest absolute Gasteiger partial charge is 0.374 e. The predicted molar refractivity (Wildman–Crippen MR) is 106 cm³/mol. The molecular formula is C19H34N6O2. The number of piperazine rings is 1. The molecule has 1 atom stereocenters. The third kappa shape index (κ3) is 6.19. The Balaban J connectivity index is 1.40. The van der Waals surface area contributed by atoms with Gasteiger partial charge in [0.2, 0.25) is 0 Å². The van der Waals surface area contributed by atoms with E-state index in [9.17, 15) is 0 Å². The Hall–Kier alpha value is -1.64. The zero-order valence-corrected chi connectivity index (χ0v) is 16.9. The van der Waals surface area contributed by atoms with Crippen molar-refractivity contribution < 1.29 is 9.26 Å². The van der Waals surface area contributed by atoms with Gasteiger partial charge in [-0.05, 0) is 5.92 Å². The van der Waals surface area contributed by atoms with Crippen LogP contribution in [0.4, 0.5) is 0 Å². The molecule has 27 heavy (non-hydrogen) atoms. The Morgan fingerprint density at radius 3 is 2.74 bits per heavy atom. The van der Waals surface area contributed by atoms with Crippen LogP contribution in [0, 0.1) is 5.92 Å². The Morgan fingerprint density at radius 2 is 2.07 bits per heavy atom. The fourth-order valence-electron chi connectivity index (χ4n) is 3.79. The second kappa shape index (κ2) is 10.1. The smallest absolute Gasteiger partial charge is 0.193 e. The van der Waals surface area contributed by atoms with Crippen molar-refractivity contribution in [3.63, 3.8) is 0 Å². The minimum atomic E-state index is 0.225. The standard InChI is InChI=1S/C19H34N6O2/c1-16(2)13-24-9-11-26-18(15-24)12-21-19(20-3)25-7-5-23(6-8-25)14-17-4-10-27-22-17/h4,10,16,18H,5-9,11-15H2,1-3H3,(H,20,21). The highest BCUT2D eigenvalue weighted by Gasteiger charge is 2.23. The number of rotatable bonds is 6. The van der Waals surface area contributed by atoms with Crippen molar-refractivity contribution in [2.45, 2.75) is 26.5 Å². The van der Waals surface area contributed by atoms with Crippen molar-refractivity contribution in [1.82, 2.24) is 25.2 Å². The van der Waals surface area contributed by atoms with Gasteiger partial charge in [-0.2, -0.15) is 0 Å². The second-order valence-corrected chi connectivity index (χ2v) is 7.83. The van der Waals surface area contributed by atoms with Gasteiger partial charge >= 0.3 is 0 Å². The summed E-state index contributed by atoms with van der Waals surface area (Å²) in [5.74, 6) is 1.67. The lowest BCUT2D eigenvalue weighted by Crippen LogP contribution is -2.54. The van der Waals surface area contributed by atoms with Gasteiger partial charge in [-0.25, -0.2) is 0 Å². The fraction of sp³-hybridized carbons (Fsp3) is 0.789. The summed E-state index contributed by atoms with van der Waals surface area (Å²) >= 11 is 0. The van der Waals surface area contributed by atoms with Gasteiger partial charge in [0.15, 0.2) is 5.96 Å². The molecule has 0 spiro atoms. The second-order valence-electron chi connectivity index (χ2n) is 7.83. The fourth-order valence-corrected chi connectivity index (χ4v) is 3.79. The molecule has 2 aliphatic rings. The molecule has 3 heterocycles.